The highest BCUT2D eigenvalue weighted by Crippen LogP contribution is 2.29. The number of nitrogens with zero attached hydrogens (tertiary/aromatic N) is 3. The number of piperidine rings is 1. The molecule has 2 aromatic heterocycles. The van der Waals surface area contributed by atoms with Crippen molar-refractivity contribution in [1.82, 2.24) is 14.9 Å². The van der Waals surface area contributed by atoms with Crippen LogP contribution in [0, 0.1) is 20.8 Å². The number of carbonyl (C=O) groups excluding carboxylic acids is 1. The monoisotopic (exact) mass is 343 g/mol. The quantitative estimate of drug-likeness (QED) is 0.853. The molecule has 0 aromatic carbocycles. The average molecular weight is 343 g/mol. The molecule has 1 aliphatic heterocycles. The number of hydrogen-bond donors (Lipinski definition) is 0. The van der Waals surface area contributed by atoms with Gasteiger partial charge in [-0.2, -0.15) is 0 Å². The molecule has 134 valence electrons. The molecule has 0 spiro atoms. The second-order valence-corrected chi connectivity index (χ2v) is 6.68. The SMILES string of the molecule is COCc1cnc(C)nc1C1CCCN(C(=O)c2cc(C)oc2C)C1. The summed E-state index contributed by atoms with van der Waals surface area (Å²) < 4.78 is 10.8. The summed E-state index contributed by atoms with van der Waals surface area (Å²) in [5, 5.41) is 0. The molecule has 2 aromatic rings. The third-order valence-electron chi connectivity index (χ3n) is 4.69. The van der Waals surface area contributed by atoms with Gasteiger partial charge in [0.25, 0.3) is 5.91 Å². The van der Waals surface area contributed by atoms with Gasteiger partial charge in [0.15, 0.2) is 0 Å². The molecular weight excluding hydrogens is 318 g/mol. The summed E-state index contributed by atoms with van der Waals surface area (Å²) in [5.74, 6) is 2.45. The lowest BCUT2D eigenvalue weighted by molar-refractivity contribution is 0.0703. The third-order valence-corrected chi connectivity index (χ3v) is 4.69. The van der Waals surface area contributed by atoms with E-state index in [0.29, 0.717) is 24.5 Å². The normalized spacial score (nSPS) is 17.8. The Hall–Kier alpha value is -2.21. The maximum Gasteiger partial charge on any atom is 0.257 e. The van der Waals surface area contributed by atoms with Gasteiger partial charge in [0.05, 0.1) is 17.9 Å². The Morgan fingerprint density at radius 2 is 2.20 bits per heavy atom. The molecule has 6 nitrogen and oxygen atoms in total. The van der Waals surface area contributed by atoms with Gasteiger partial charge in [0.1, 0.15) is 17.3 Å². The van der Waals surface area contributed by atoms with Crippen molar-refractivity contribution in [1.29, 1.82) is 0 Å². The Kier molecular flexibility index (Phi) is 5.18. The smallest absolute Gasteiger partial charge is 0.257 e. The number of ether oxygens (including phenoxy) is 1. The highest BCUT2D eigenvalue weighted by molar-refractivity contribution is 5.95. The van der Waals surface area contributed by atoms with E-state index >= 15 is 0 Å². The minimum Gasteiger partial charge on any atom is -0.466 e. The highest BCUT2D eigenvalue weighted by atomic mass is 16.5. The number of aromatic nitrogens is 2. The summed E-state index contributed by atoms with van der Waals surface area (Å²) in [7, 11) is 1.67. The van der Waals surface area contributed by atoms with Gasteiger partial charge in [-0.05, 0) is 39.7 Å². The molecule has 25 heavy (non-hydrogen) atoms. The van der Waals surface area contributed by atoms with Crippen LogP contribution >= 0.6 is 0 Å². The number of methoxy groups -OCH3 is 1. The highest BCUT2D eigenvalue weighted by Gasteiger charge is 2.29. The molecule has 0 bridgehead atoms. The molecule has 1 fully saturated rings. The number of furan rings is 1. The zero-order chi connectivity index (χ0) is 18.0. The van der Waals surface area contributed by atoms with E-state index in [1.807, 2.05) is 37.9 Å². The van der Waals surface area contributed by atoms with Gasteiger partial charge < -0.3 is 14.1 Å². The predicted octanol–water partition coefficient (Wildman–Crippen LogP) is 3.16. The molecule has 6 heteroatoms. The molecular formula is C19H25N3O3. The number of aryl methyl sites for hydroxylation is 3. The molecule has 1 saturated heterocycles. The van der Waals surface area contributed by atoms with E-state index in [1.165, 1.54) is 0 Å². The third kappa shape index (κ3) is 3.74. The molecule has 1 atom stereocenters. The summed E-state index contributed by atoms with van der Waals surface area (Å²) >= 11 is 0. The van der Waals surface area contributed by atoms with Gasteiger partial charge in [0, 0.05) is 37.9 Å². The van der Waals surface area contributed by atoms with Crippen LogP contribution in [0.2, 0.25) is 0 Å². The first-order valence-corrected chi connectivity index (χ1v) is 8.67. The van der Waals surface area contributed by atoms with Crippen molar-refractivity contribution in [2.24, 2.45) is 0 Å². The van der Waals surface area contributed by atoms with E-state index in [2.05, 4.69) is 9.97 Å². The maximum absolute atomic E-state index is 12.9. The fourth-order valence-electron chi connectivity index (χ4n) is 3.53. The number of carbonyl (C=O) groups is 1. The largest absolute Gasteiger partial charge is 0.466 e. The molecule has 1 aliphatic rings. The lowest BCUT2D eigenvalue weighted by atomic mass is 9.91. The van der Waals surface area contributed by atoms with Crippen LogP contribution in [0.25, 0.3) is 0 Å². The molecule has 0 saturated carbocycles. The van der Waals surface area contributed by atoms with Crippen molar-refractivity contribution in [3.63, 3.8) is 0 Å². The maximum atomic E-state index is 12.9. The number of amides is 1. The minimum absolute atomic E-state index is 0.0399. The Labute approximate surface area is 148 Å². The standard InChI is InChI=1S/C19H25N3O3/c1-12-8-17(13(2)25-12)19(23)22-7-5-6-15(10-22)18-16(11-24-4)9-20-14(3)21-18/h8-9,15H,5-7,10-11H2,1-4H3. The Morgan fingerprint density at radius 3 is 2.88 bits per heavy atom. The fourth-order valence-corrected chi connectivity index (χ4v) is 3.53. The molecule has 3 rings (SSSR count). The zero-order valence-electron chi connectivity index (χ0n) is 15.3. The first-order chi connectivity index (χ1) is 12.0. The molecule has 1 amide bonds. The van der Waals surface area contributed by atoms with E-state index in [0.717, 1.165) is 42.2 Å². The van der Waals surface area contributed by atoms with Gasteiger partial charge in [-0.3, -0.25) is 4.79 Å². The van der Waals surface area contributed by atoms with Crippen molar-refractivity contribution < 1.29 is 13.9 Å². The van der Waals surface area contributed by atoms with E-state index in [9.17, 15) is 4.79 Å². The van der Waals surface area contributed by atoms with Crippen LogP contribution in [0.3, 0.4) is 0 Å². The van der Waals surface area contributed by atoms with Crippen LogP contribution in [0.4, 0.5) is 0 Å². The molecule has 0 radical (unpaired) electrons. The summed E-state index contributed by atoms with van der Waals surface area (Å²) in [5.41, 5.74) is 2.67. The van der Waals surface area contributed by atoms with Gasteiger partial charge in [-0.15, -0.1) is 0 Å². The van der Waals surface area contributed by atoms with Gasteiger partial charge >= 0.3 is 0 Å². The van der Waals surface area contributed by atoms with Crippen LogP contribution in [0.5, 0.6) is 0 Å². The average Bonchev–Trinajstić information content (AvgIpc) is 2.94. The van der Waals surface area contributed by atoms with Gasteiger partial charge in [-0.25, -0.2) is 9.97 Å². The summed E-state index contributed by atoms with van der Waals surface area (Å²) in [4.78, 5) is 23.8. The summed E-state index contributed by atoms with van der Waals surface area (Å²) in [6.07, 6.45) is 3.81. The van der Waals surface area contributed by atoms with Gasteiger partial charge in [-0.1, -0.05) is 0 Å². The topological polar surface area (TPSA) is 68.5 Å². The Bertz CT molecular complexity index is 769. The fraction of sp³-hybridized carbons (Fsp3) is 0.526. The van der Waals surface area contributed by atoms with E-state index in [1.54, 1.807) is 7.11 Å². The van der Waals surface area contributed by atoms with Crippen molar-refractivity contribution in [2.75, 3.05) is 20.2 Å². The van der Waals surface area contributed by atoms with E-state index < -0.39 is 0 Å². The number of likely N-dealkylation sites (tertiary alicyclic amines) is 1. The Balaban J connectivity index is 1.83. The van der Waals surface area contributed by atoms with Crippen molar-refractivity contribution in [3.8, 4) is 0 Å². The number of hydrogen-bond acceptors (Lipinski definition) is 5. The van der Waals surface area contributed by atoms with Crippen LogP contribution in [0.1, 0.15) is 57.7 Å². The van der Waals surface area contributed by atoms with Crippen LogP contribution in [-0.4, -0.2) is 41.0 Å². The second kappa shape index (κ2) is 7.35. The van der Waals surface area contributed by atoms with Crippen molar-refractivity contribution >= 4 is 5.91 Å². The van der Waals surface area contributed by atoms with E-state index in [4.69, 9.17) is 9.15 Å². The lowest BCUT2D eigenvalue weighted by Gasteiger charge is -2.33. The van der Waals surface area contributed by atoms with Crippen molar-refractivity contribution in [2.45, 2.75) is 46.1 Å². The van der Waals surface area contributed by atoms with Crippen LogP contribution < -0.4 is 0 Å². The predicted molar refractivity (Wildman–Crippen MR) is 93.5 cm³/mol. The molecule has 3 heterocycles. The Morgan fingerprint density at radius 1 is 1.40 bits per heavy atom. The summed E-state index contributed by atoms with van der Waals surface area (Å²) in [6.45, 7) is 7.51. The first-order valence-electron chi connectivity index (χ1n) is 8.67. The number of rotatable bonds is 4. The molecule has 1 unspecified atom stereocenters. The van der Waals surface area contributed by atoms with Crippen molar-refractivity contribution in [3.05, 3.63) is 46.4 Å². The first kappa shape index (κ1) is 17.6. The minimum atomic E-state index is 0.0399. The summed E-state index contributed by atoms with van der Waals surface area (Å²) in [6, 6.07) is 1.83. The molecule has 0 aliphatic carbocycles. The lowest BCUT2D eigenvalue weighted by Crippen LogP contribution is -2.39. The van der Waals surface area contributed by atoms with Crippen LogP contribution in [0.15, 0.2) is 16.7 Å². The zero-order valence-corrected chi connectivity index (χ0v) is 15.3. The molecule has 0 N–H and O–H groups in total. The van der Waals surface area contributed by atoms with Crippen LogP contribution in [-0.2, 0) is 11.3 Å². The van der Waals surface area contributed by atoms with Gasteiger partial charge in [0.2, 0.25) is 0 Å². The van der Waals surface area contributed by atoms with E-state index in [-0.39, 0.29) is 11.8 Å². The second-order valence-electron chi connectivity index (χ2n) is 6.68.